The van der Waals surface area contributed by atoms with Crippen LogP contribution in [-0.2, 0) is 25.5 Å². The summed E-state index contributed by atoms with van der Waals surface area (Å²) in [7, 11) is 0. The molecule has 4 aromatic rings. The highest BCUT2D eigenvalue weighted by atomic mass is 19.1. The maximum atomic E-state index is 14.6. The van der Waals surface area contributed by atoms with Gasteiger partial charge in [0.05, 0.1) is 36.7 Å². The Morgan fingerprint density at radius 3 is 2.27 bits per heavy atom. The highest BCUT2D eigenvalue weighted by Crippen LogP contribution is 2.43. The van der Waals surface area contributed by atoms with E-state index in [1.807, 2.05) is 69.5 Å². The smallest absolute Gasteiger partial charge is 0.308 e. The number of esters is 1. The number of benzene rings is 3. The first kappa shape index (κ1) is 28.7. The number of carbonyl (C=O) groups is 2. The van der Waals surface area contributed by atoms with Crippen molar-refractivity contribution in [2.45, 2.75) is 104 Å². The third-order valence-corrected chi connectivity index (χ3v) is 7.91. The zero-order valence-corrected chi connectivity index (χ0v) is 28.6. The fraction of sp³-hybridized carbons (Fsp3) is 0.400. The van der Waals surface area contributed by atoms with Crippen LogP contribution in [0.5, 0.6) is 0 Å². The molecule has 5 rings (SSSR count). The van der Waals surface area contributed by atoms with Gasteiger partial charge in [0.25, 0.3) is 5.91 Å². The first-order chi connectivity index (χ1) is 24.8. The molecule has 1 N–H and O–H groups in total. The molecule has 1 amide bonds. The molecule has 8 heteroatoms. The lowest BCUT2D eigenvalue weighted by molar-refractivity contribution is -0.301. The summed E-state index contributed by atoms with van der Waals surface area (Å²) in [6.45, 7) is 13.3. The molecular formula is C40H47FN2O5. The highest BCUT2D eigenvalue weighted by Gasteiger charge is 2.38. The second kappa shape index (κ2) is 14.5. The summed E-state index contributed by atoms with van der Waals surface area (Å²) in [5.41, 5.74) is 2.44. The normalized spacial score (nSPS) is 19.1. The molecule has 254 valence electrons. The minimum absolute atomic E-state index is 0.0574. The van der Waals surface area contributed by atoms with E-state index in [0.717, 1.165) is 0 Å². The predicted molar refractivity (Wildman–Crippen MR) is 187 cm³/mol. The molecule has 2 atom stereocenters. The van der Waals surface area contributed by atoms with Crippen molar-refractivity contribution in [2.75, 3.05) is 5.32 Å². The van der Waals surface area contributed by atoms with Crippen molar-refractivity contribution in [2.24, 2.45) is 0 Å². The molecule has 1 saturated heterocycles. The zero-order valence-electron chi connectivity index (χ0n) is 33.6. The van der Waals surface area contributed by atoms with E-state index in [9.17, 15) is 14.0 Å². The van der Waals surface area contributed by atoms with Gasteiger partial charge in [-0.05, 0) is 94.4 Å². The SMILES string of the molecule is [2H]c1c([2H])c([2H])c(NC(=O)c2c(-c3ccccc3)c(-c3ccc(F)cc3)n(CCC3CC(CC(=O)OC(C)(C)C)OC(C)(C)O3)c2C(C)C)c([2H])c1[2H]. The van der Waals surface area contributed by atoms with Crippen LogP contribution in [0.25, 0.3) is 22.4 Å². The summed E-state index contributed by atoms with van der Waals surface area (Å²) in [6.07, 6.45) is 0.127. The van der Waals surface area contributed by atoms with E-state index >= 15 is 0 Å². The van der Waals surface area contributed by atoms with Gasteiger partial charge in [-0.15, -0.1) is 0 Å². The molecule has 7 nitrogen and oxygen atoms in total. The van der Waals surface area contributed by atoms with Crippen LogP contribution in [-0.4, -0.2) is 40.0 Å². The van der Waals surface area contributed by atoms with Crippen LogP contribution in [0.2, 0.25) is 0 Å². The van der Waals surface area contributed by atoms with Gasteiger partial charge < -0.3 is 24.1 Å². The number of hydrogen-bond donors (Lipinski definition) is 1. The predicted octanol–water partition coefficient (Wildman–Crippen LogP) is 9.37. The van der Waals surface area contributed by atoms with Crippen molar-refractivity contribution in [3.63, 3.8) is 0 Å². The number of carbonyl (C=O) groups excluding carboxylic acids is 2. The Kier molecular flexibility index (Phi) is 8.65. The third kappa shape index (κ3) is 8.60. The molecule has 2 unspecified atom stereocenters. The maximum Gasteiger partial charge on any atom is 0.308 e. The largest absolute Gasteiger partial charge is 0.460 e. The van der Waals surface area contributed by atoms with Crippen molar-refractivity contribution >= 4 is 17.6 Å². The minimum atomic E-state index is -0.989. The summed E-state index contributed by atoms with van der Waals surface area (Å²) in [5, 5.41) is 2.67. The molecule has 1 fully saturated rings. The third-order valence-electron chi connectivity index (χ3n) is 7.91. The van der Waals surface area contributed by atoms with Gasteiger partial charge in [0.1, 0.15) is 11.4 Å². The van der Waals surface area contributed by atoms with Gasteiger partial charge in [-0.3, -0.25) is 9.59 Å². The topological polar surface area (TPSA) is 78.8 Å². The lowest BCUT2D eigenvalue weighted by Crippen LogP contribution is -2.46. The summed E-state index contributed by atoms with van der Waals surface area (Å²) in [4.78, 5) is 27.4. The molecule has 0 aliphatic carbocycles. The minimum Gasteiger partial charge on any atom is -0.460 e. The molecule has 0 bridgehead atoms. The number of anilines is 1. The van der Waals surface area contributed by atoms with E-state index in [4.69, 9.17) is 21.1 Å². The van der Waals surface area contributed by atoms with E-state index in [0.29, 0.717) is 47.5 Å². The standard InChI is InChI=1S/C40H47FN2O5/c1-26(2)36-35(38(45)42-30-16-12-9-13-17-30)34(27-14-10-8-11-15-27)37(28-18-20-29(41)21-19-28)43(36)23-22-31-24-32(47-40(6,7)46-31)25-33(44)48-39(3,4)5/h8-21,26,31-32H,22-25H2,1-7H3,(H,42,45)/i9D,12D,13D,16D,17D. The highest BCUT2D eigenvalue weighted by molar-refractivity contribution is 6.12. The van der Waals surface area contributed by atoms with E-state index in [2.05, 4.69) is 5.32 Å². The van der Waals surface area contributed by atoms with Crippen LogP contribution in [0.3, 0.4) is 0 Å². The van der Waals surface area contributed by atoms with E-state index < -0.39 is 59.4 Å². The average molecular weight is 660 g/mol. The van der Waals surface area contributed by atoms with Gasteiger partial charge in [-0.25, -0.2) is 4.39 Å². The van der Waals surface area contributed by atoms with Gasteiger partial charge >= 0.3 is 5.97 Å². The number of ether oxygens (including phenoxy) is 3. The Labute approximate surface area is 290 Å². The van der Waals surface area contributed by atoms with Crippen LogP contribution in [0.1, 0.15) is 96.6 Å². The first-order valence-corrected chi connectivity index (χ1v) is 16.3. The van der Waals surface area contributed by atoms with Crippen LogP contribution < -0.4 is 5.32 Å². The van der Waals surface area contributed by atoms with E-state index in [-0.39, 0.29) is 35.7 Å². The van der Waals surface area contributed by atoms with Crippen molar-refractivity contribution in [3.05, 3.63) is 102 Å². The second-order valence-electron chi connectivity index (χ2n) is 13.8. The monoisotopic (exact) mass is 659 g/mol. The first-order valence-electron chi connectivity index (χ1n) is 18.8. The Balaban J connectivity index is 1.65. The van der Waals surface area contributed by atoms with E-state index in [1.54, 1.807) is 26.0 Å². The van der Waals surface area contributed by atoms with Gasteiger partial charge in [-0.1, -0.05) is 62.3 Å². The average Bonchev–Trinajstić information content (AvgIpc) is 3.42. The molecule has 48 heavy (non-hydrogen) atoms. The molecule has 0 radical (unpaired) electrons. The van der Waals surface area contributed by atoms with Gasteiger partial charge in [0, 0.05) is 29.9 Å². The number of hydrogen-bond acceptors (Lipinski definition) is 5. The van der Waals surface area contributed by atoms with Gasteiger partial charge in [0.15, 0.2) is 5.79 Å². The number of rotatable bonds is 10. The second-order valence-corrected chi connectivity index (χ2v) is 13.8. The Hall–Kier alpha value is -4.27. The molecule has 3 aromatic carbocycles. The number of nitrogens with one attached hydrogen (secondary N) is 1. The zero-order chi connectivity index (χ0) is 39.0. The number of aromatic nitrogens is 1. The number of para-hydroxylation sites is 1. The molecule has 1 aromatic heterocycles. The van der Waals surface area contributed by atoms with Crippen molar-refractivity contribution < 1.29 is 35.0 Å². The van der Waals surface area contributed by atoms with Crippen LogP contribution in [0.4, 0.5) is 10.1 Å². The van der Waals surface area contributed by atoms with Gasteiger partial charge in [0.2, 0.25) is 0 Å². The Bertz CT molecular complexity index is 1960. The van der Waals surface area contributed by atoms with Crippen molar-refractivity contribution in [3.8, 4) is 22.4 Å². The number of amides is 1. The van der Waals surface area contributed by atoms with Gasteiger partial charge in [-0.2, -0.15) is 0 Å². The summed E-state index contributed by atoms with van der Waals surface area (Å²) >= 11 is 0. The Morgan fingerprint density at radius 1 is 1.00 bits per heavy atom. The molecule has 0 saturated carbocycles. The lowest BCUT2D eigenvalue weighted by atomic mass is 9.94. The van der Waals surface area contributed by atoms with Crippen molar-refractivity contribution in [1.29, 1.82) is 0 Å². The lowest BCUT2D eigenvalue weighted by Gasteiger charge is -2.41. The molecule has 0 spiro atoms. The number of halogens is 1. The molecule has 2 heterocycles. The summed E-state index contributed by atoms with van der Waals surface area (Å²) in [5.74, 6) is -2.69. The van der Waals surface area contributed by atoms with Crippen LogP contribution in [0.15, 0.2) is 84.8 Å². The molecular weight excluding hydrogens is 607 g/mol. The fourth-order valence-corrected chi connectivity index (χ4v) is 6.35. The van der Waals surface area contributed by atoms with Crippen molar-refractivity contribution in [1.82, 2.24) is 4.57 Å². The fourth-order valence-electron chi connectivity index (χ4n) is 6.35. The maximum absolute atomic E-state index is 14.6. The Morgan fingerprint density at radius 2 is 1.65 bits per heavy atom. The van der Waals surface area contributed by atoms with E-state index in [1.165, 1.54) is 12.1 Å². The van der Waals surface area contributed by atoms with Crippen LogP contribution >= 0.6 is 0 Å². The van der Waals surface area contributed by atoms with Crippen LogP contribution in [0, 0.1) is 5.82 Å². The quantitative estimate of drug-likeness (QED) is 0.172. The number of nitrogens with zero attached hydrogens (tertiary/aromatic N) is 1. The summed E-state index contributed by atoms with van der Waals surface area (Å²) in [6, 6.07) is 12.5. The summed E-state index contributed by atoms with van der Waals surface area (Å²) < 4.78 is 75.8. The molecule has 1 aliphatic heterocycles. The molecule has 1 aliphatic rings.